The molecular formula is C29H25F6NO2. The minimum absolute atomic E-state index is 0.0375. The van der Waals surface area contributed by atoms with Gasteiger partial charge in [0.2, 0.25) is 0 Å². The van der Waals surface area contributed by atoms with Gasteiger partial charge in [-0.1, -0.05) is 42.5 Å². The van der Waals surface area contributed by atoms with Crippen LogP contribution in [-0.4, -0.2) is 35.0 Å². The van der Waals surface area contributed by atoms with Crippen molar-refractivity contribution in [2.24, 2.45) is 0 Å². The number of carbonyl (C=O) groups is 1. The zero-order chi connectivity index (χ0) is 27.3. The molecule has 5 rings (SSSR count). The van der Waals surface area contributed by atoms with E-state index < -0.39 is 40.9 Å². The van der Waals surface area contributed by atoms with E-state index in [1.165, 1.54) is 24.3 Å². The minimum atomic E-state index is -4.55. The average Bonchev–Trinajstić information content (AvgIpc) is 3.68. The van der Waals surface area contributed by atoms with E-state index in [-0.39, 0.29) is 25.9 Å². The Balaban J connectivity index is 1.72. The van der Waals surface area contributed by atoms with Crippen LogP contribution in [0.25, 0.3) is 11.1 Å². The zero-order valence-electron chi connectivity index (χ0n) is 20.2. The predicted molar refractivity (Wildman–Crippen MR) is 129 cm³/mol. The molecule has 3 aromatic carbocycles. The number of carboxylic acids is 1. The second-order valence-corrected chi connectivity index (χ2v) is 10.1. The maximum Gasteiger partial charge on any atom is 0.416 e. The molecule has 38 heavy (non-hydrogen) atoms. The molecule has 1 atom stereocenters. The highest BCUT2D eigenvalue weighted by Crippen LogP contribution is 2.53. The molecule has 1 aliphatic carbocycles. The van der Waals surface area contributed by atoms with Gasteiger partial charge in [0.25, 0.3) is 5.92 Å². The fraction of sp³-hybridized carbons (Fsp3) is 0.345. The number of alkyl halides is 5. The number of nitrogens with zero attached hydrogens (tertiary/aromatic N) is 1. The molecule has 1 heterocycles. The van der Waals surface area contributed by atoms with E-state index in [0.717, 1.165) is 12.1 Å². The summed E-state index contributed by atoms with van der Waals surface area (Å²) in [5, 5.41) is 10.1. The summed E-state index contributed by atoms with van der Waals surface area (Å²) >= 11 is 0. The average molecular weight is 534 g/mol. The topological polar surface area (TPSA) is 40.5 Å². The van der Waals surface area contributed by atoms with Crippen LogP contribution >= 0.6 is 0 Å². The largest absolute Gasteiger partial charge is 0.481 e. The van der Waals surface area contributed by atoms with Crippen LogP contribution in [0, 0.1) is 5.82 Å². The van der Waals surface area contributed by atoms with Crippen molar-refractivity contribution in [3.63, 3.8) is 0 Å². The second-order valence-electron chi connectivity index (χ2n) is 10.1. The first-order valence-electron chi connectivity index (χ1n) is 12.3. The molecule has 2 fully saturated rings. The molecule has 0 spiro atoms. The monoisotopic (exact) mass is 533 g/mol. The Bertz CT molecular complexity index is 1320. The van der Waals surface area contributed by atoms with E-state index in [4.69, 9.17) is 0 Å². The smallest absolute Gasteiger partial charge is 0.416 e. The van der Waals surface area contributed by atoms with Gasteiger partial charge in [0.1, 0.15) is 5.82 Å². The molecule has 0 amide bonds. The molecule has 1 saturated carbocycles. The van der Waals surface area contributed by atoms with Gasteiger partial charge in [-0.15, -0.1) is 0 Å². The van der Waals surface area contributed by atoms with Crippen LogP contribution in [0.15, 0.2) is 66.7 Å². The Hall–Kier alpha value is -3.33. The van der Waals surface area contributed by atoms with Crippen molar-refractivity contribution in [2.45, 2.75) is 49.2 Å². The first-order chi connectivity index (χ1) is 17.9. The molecule has 9 heteroatoms. The summed E-state index contributed by atoms with van der Waals surface area (Å²) in [5.41, 5.74) is 0.493. The normalized spacial score (nSPS) is 19.6. The van der Waals surface area contributed by atoms with E-state index >= 15 is 0 Å². The first-order valence-corrected chi connectivity index (χ1v) is 12.3. The summed E-state index contributed by atoms with van der Waals surface area (Å²) in [6, 6.07) is 14.6. The molecule has 0 radical (unpaired) electrons. The number of carboxylic acid groups (broad SMARTS) is 1. The van der Waals surface area contributed by atoms with Gasteiger partial charge in [-0.2, -0.15) is 13.2 Å². The summed E-state index contributed by atoms with van der Waals surface area (Å²) in [6.45, 7) is 0.0750. The Labute approximate surface area is 215 Å². The number of piperidine rings is 1. The van der Waals surface area contributed by atoms with Crippen LogP contribution in [-0.2, 0) is 16.4 Å². The fourth-order valence-electron chi connectivity index (χ4n) is 5.41. The van der Waals surface area contributed by atoms with E-state index in [1.807, 2.05) is 4.90 Å². The van der Waals surface area contributed by atoms with E-state index in [2.05, 4.69) is 0 Å². The molecule has 0 aromatic heterocycles. The van der Waals surface area contributed by atoms with Crippen molar-refractivity contribution in [1.29, 1.82) is 0 Å². The highest BCUT2D eigenvalue weighted by atomic mass is 19.4. The van der Waals surface area contributed by atoms with Crippen LogP contribution in [0.5, 0.6) is 0 Å². The number of hydrogen-bond acceptors (Lipinski definition) is 2. The Morgan fingerprint density at radius 1 is 0.868 bits per heavy atom. The number of likely N-dealkylation sites (tertiary alicyclic amines) is 1. The third-order valence-electron chi connectivity index (χ3n) is 7.65. The Morgan fingerprint density at radius 3 is 2.00 bits per heavy atom. The van der Waals surface area contributed by atoms with E-state index in [1.54, 1.807) is 30.3 Å². The van der Waals surface area contributed by atoms with Gasteiger partial charge in [-0.25, -0.2) is 13.2 Å². The quantitative estimate of drug-likeness (QED) is 0.335. The Kier molecular flexibility index (Phi) is 6.54. The van der Waals surface area contributed by atoms with Crippen molar-refractivity contribution >= 4 is 5.97 Å². The molecule has 3 aromatic rings. The summed E-state index contributed by atoms with van der Waals surface area (Å²) in [4.78, 5) is 14.2. The van der Waals surface area contributed by atoms with Crippen LogP contribution in [0.1, 0.15) is 54.0 Å². The lowest BCUT2D eigenvalue weighted by atomic mass is 9.81. The molecule has 1 saturated heterocycles. The fourth-order valence-corrected chi connectivity index (χ4v) is 5.41. The number of rotatable bonds is 6. The summed E-state index contributed by atoms with van der Waals surface area (Å²) < 4.78 is 81.8. The minimum Gasteiger partial charge on any atom is -0.481 e. The standard InChI is InChI=1S/C29H25F6NO2/c30-21-10-6-19(7-11-21)25(36-16-14-28(31,32)15-17-36)22-2-1-3-23(27(12-13-27)26(37)38)24(22)18-4-8-20(9-5-18)29(33,34)35/h1-11,25H,12-17H2,(H,37,38). The number of halogens is 6. The summed E-state index contributed by atoms with van der Waals surface area (Å²) in [6.07, 6.45) is -4.55. The van der Waals surface area contributed by atoms with Gasteiger partial charge in [-0.3, -0.25) is 9.69 Å². The van der Waals surface area contributed by atoms with Crippen molar-refractivity contribution < 1.29 is 36.2 Å². The van der Waals surface area contributed by atoms with Gasteiger partial charge < -0.3 is 5.11 Å². The van der Waals surface area contributed by atoms with Crippen LogP contribution in [0.2, 0.25) is 0 Å². The highest BCUT2D eigenvalue weighted by molar-refractivity contribution is 5.89. The van der Waals surface area contributed by atoms with Gasteiger partial charge in [0.15, 0.2) is 0 Å². The van der Waals surface area contributed by atoms with E-state index in [9.17, 15) is 36.2 Å². The molecule has 1 aliphatic heterocycles. The third-order valence-corrected chi connectivity index (χ3v) is 7.65. The number of aliphatic carboxylic acids is 1. The van der Waals surface area contributed by atoms with E-state index in [0.29, 0.717) is 40.7 Å². The maximum absolute atomic E-state index is 14.1. The lowest BCUT2D eigenvalue weighted by Gasteiger charge is -2.39. The number of hydrogen-bond donors (Lipinski definition) is 1. The van der Waals surface area contributed by atoms with Crippen LogP contribution < -0.4 is 0 Å². The molecule has 1 N–H and O–H groups in total. The number of benzene rings is 3. The third kappa shape index (κ3) is 4.91. The second kappa shape index (κ2) is 9.45. The predicted octanol–water partition coefficient (Wildman–Crippen LogP) is 7.45. The van der Waals surface area contributed by atoms with Crippen molar-refractivity contribution in [3.8, 4) is 11.1 Å². The van der Waals surface area contributed by atoms with Crippen LogP contribution in [0.4, 0.5) is 26.3 Å². The first kappa shape index (κ1) is 26.3. The van der Waals surface area contributed by atoms with Crippen molar-refractivity contribution in [1.82, 2.24) is 4.90 Å². The molecule has 200 valence electrons. The molecule has 1 unspecified atom stereocenters. The lowest BCUT2D eigenvalue weighted by Crippen LogP contribution is -2.42. The van der Waals surface area contributed by atoms with Gasteiger partial charge in [-0.05, 0) is 64.9 Å². The molecule has 2 aliphatic rings. The van der Waals surface area contributed by atoms with Gasteiger partial charge >= 0.3 is 12.1 Å². The SMILES string of the molecule is O=C(O)C1(c2cccc(C(c3ccc(F)cc3)N3CCC(F)(F)CC3)c2-c2ccc(C(F)(F)F)cc2)CC1. The summed E-state index contributed by atoms with van der Waals surface area (Å²) in [7, 11) is 0. The van der Waals surface area contributed by atoms with Crippen molar-refractivity contribution in [2.75, 3.05) is 13.1 Å². The van der Waals surface area contributed by atoms with Gasteiger partial charge in [0.05, 0.1) is 17.0 Å². The highest BCUT2D eigenvalue weighted by Gasteiger charge is 2.53. The van der Waals surface area contributed by atoms with Crippen LogP contribution in [0.3, 0.4) is 0 Å². The van der Waals surface area contributed by atoms with Gasteiger partial charge in [0, 0.05) is 25.9 Å². The molecule has 0 bridgehead atoms. The molecule has 3 nitrogen and oxygen atoms in total. The molecular weight excluding hydrogens is 508 g/mol. The summed E-state index contributed by atoms with van der Waals surface area (Å²) in [5.74, 6) is -4.32. The van der Waals surface area contributed by atoms with Crippen molar-refractivity contribution in [3.05, 3.63) is 94.8 Å². The Morgan fingerprint density at radius 2 is 1.47 bits per heavy atom. The lowest BCUT2D eigenvalue weighted by molar-refractivity contribution is -0.140. The maximum atomic E-state index is 14.1. The zero-order valence-corrected chi connectivity index (χ0v) is 20.2.